The highest BCUT2D eigenvalue weighted by Gasteiger charge is 2.25. The zero-order chi connectivity index (χ0) is 18.4. The third kappa shape index (κ3) is 6.08. The highest BCUT2D eigenvalue weighted by molar-refractivity contribution is 5.78. The Kier molecular flexibility index (Phi) is 7.38. The fourth-order valence-electron chi connectivity index (χ4n) is 3.60. The SMILES string of the molecule is CC(C)N(C(=O)CN(Cc1cccc(F)c1)CC1CCCO1)C(C)C. The number of carbonyl (C=O) groups excluding carboxylic acids is 1. The summed E-state index contributed by atoms with van der Waals surface area (Å²) in [6.45, 7) is 10.5. The van der Waals surface area contributed by atoms with Crippen LogP contribution in [0.15, 0.2) is 24.3 Å². The van der Waals surface area contributed by atoms with Gasteiger partial charge in [0.05, 0.1) is 12.6 Å². The van der Waals surface area contributed by atoms with Crippen LogP contribution in [0.3, 0.4) is 0 Å². The van der Waals surface area contributed by atoms with Crippen molar-refractivity contribution < 1.29 is 13.9 Å². The first-order valence-corrected chi connectivity index (χ1v) is 9.26. The van der Waals surface area contributed by atoms with Gasteiger partial charge in [-0.25, -0.2) is 4.39 Å². The van der Waals surface area contributed by atoms with E-state index in [1.807, 2.05) is 38.7 Å². The second-order valence-electron chi connectivity index (χ2n) is 7.42. The maximum absolute atomic E-state index is 13.5. The number of amides is 1. The first-order chi connectivity index (χ1) is 11.9. The third-order valence-corrected chi connectivity index (χ3v) is 4.54. The standard InChI is InChI=1S/C20H31FN2O2/c1-15(2)23(16(3)4)20(24)14-22(13-19-9-6-10-25-19)12-17-7-5-8-18(21)11-17/h5,7-8,11,15-16,19H,6,9-10,12-14H2,1-4H3. The Morgan fingerprint density at radius 2 is 2.00 bits per heavy atom. The summed E-state index contributed by atoms with van der Waals surface area (Å²) in [7, 11) is 0. The van der Waals surface area contributed by atoms with E-state index in [9.17, 15) is 9.18 Å². The number of hydrogen-bond acceptors (Lipinski definition) is 3. The summed E-state index contributed by atoms with van der Waals surface area (Å²) < 4.78 is 19.2. The molecule has 1 aliphatic rings. The van der Waals surface area contributed by atoms with Gasteiger partial charge in [-0.1, -0.05) is 12.1 Å². The molecule has 5 heteroatoms. The highest BCUT2D eigenvalue weighted by Crippen LogP contribution is 2.16. The molecule has 0 aromatic heterocycles. The molecule has 1 aromatic carbocycles. The lowest BCUT2D eigenvalue weighted by Gasteiger charge is -2.34. The van der Waals surface area contributed by atoms with Crippen molar-refractivity contribution in [3.8, 4) is 0 Å². The molecule has 1 fully saturated rings. The van der Waals surface area contributed by atoms with Gasteiger partial charge in [-0.3, -0.25) is 9.69 Å². The van der Waals surface area contributed by atoms with Crippen LogP contribution in [0.2, 0.25) is 0 Å². The molecule has 0 bridgehead atoms. The molecule has 1 saturated heterocycles. The van der Waals surface area contributed by atoms with Crippen molar-refractivity contribution in [3.63, 3.8) is 0 Å². The van der Waals surface area contributed by atoms with Crippen molar-refractivity contribution in [2.24, 2.45) is 0 Å². The molecule has 25 heavy (non-hydrogen) atoms. The van der Waals surface area contributed by atoms with E-state index in [-0.39, 0.29) is 29.9 Å². The van der Waals surface area contributed by atoms with Crippen LogP contribution in [0, 0.1) is 5.82 Å². The maximum Gasteiger partial charge on any atom is 0.237 e. The summed E-state index contributed by atoms with van der Waals surface area (Å²) in [6.07, 6.45) is 2.25. The summed E-state index contributed by atoms with van der Waals surface area (Å²) in [5, 5.41) is 0. The van der Waals surface area contributed by atoms with Gasteiger partial charge in [-0.15, -0.1) is 0 Å². The summed E-state index contributed by atoms with van der Waals surface area (Å²) in [6, 6.07) is 6.91. The van der Waals surface area contributed by atoms with Gasteiger partial charge in [0.2, 0.25) is 5.91 Å². The van der Waals surface area contributed by atoms with Crippen LogP contribution in [-0.2, 0) is 16.1 Å². The monoisotopic (exact) mass is 350 g/mol. The van der Waals surface area contributed by atoms with E-state index in [1.165, 1.54) is 12.1 Å². The van der Waals surface area contributed by atoms with E-state index < -0.39 is 0 Å². The van der Waals surface area contributed by atoms with Crippen LogP contribution in [-0.4, -0.2) is 53.6 Å². The third-order valence-electron chi connectivity index (χ3n) is 4.54. The Bertz CT molecular complexity index is 548. The Morgan fingerprint density at radius 1 is 1.28 bits per heavy atom. The normalized spacial score (nSPS) is 17.7. The number of carbonyl (C=O) groups is 1. The number of halogens is 1. The van der Waals surface area contributed by atoms with Gasteiger partial charge in [-0.2, -0.15) is 0 Å². The van der Waals surface area contributed by atoms with Gasteiger partial charge in [-0.05, 0) is 58.2 Å². The Morgan fingerprint density at radius 3 is 2.56 bits per heavy atom. The van der Waals surface area contributed by atoms with Crippen LogP contribution in [0.1, 0.15) is 46.1 Å². The van der Waals surface area contributed by atoms with Crippen molar-refractivity contribution in [2.75, 3.05) is 19.7 Å². The van der Waals surface area contributed by atoms with Gasteiger partial charge in [0.1, 0.15) is 5.82 Å². The average Bonchev–Trinajstić information content (AvgIpc) is 2.99. The molecule has 1 amide bonds. The summed E-state index contributed by atoms with van der Waals surface area (Å²) in [5.41, 5.74) is 0.881. The van der Waals surface area contributed by atoms with Crippen molar-refractivity contribution >= 4 is 5.91 Å². The molecule has 0 aliphatic carbocycles. The molecule has 1 heterocycles. The van der Waals surface area contributed by atoms with Crippen LogP contribution >= 0.6 is 0 Å². The molecule has 1 aliphatic heterocycles. The number of hydrogen-bond donors (Lipinski definition) is 0. The number of ether oxygens (including phenoxy) is 1. The van der Waals surface area contributed by atoms with E-state index in [1.54, 1.807) is 6.07 Å². The summed E-state index contributed by atoms with van der Waals surface area (Å²) in [5.74, 6) is -0.133. The van der Waals surface area contributed by atoms with Gasteiger partial charge < -0.3 is 9.64 Å². The van der Waals surface area contributed by atoms with Crippen LogP contribution in [0.5, 0.6) is 0 Å². The van der Waals surface area contributed by atoms with E-state index in [0.717, 1.165) is 25.0 Å². The highest BCUT2D eigenvalue weighted by atomic mass is 19.1. The predicted molar refractivity (Wildman–Crippen MR) is 97.8 cm³/mol. The molecule has 140 valence electrons. The molecular formula is C20H31FN2O2. The van der Waals surface area contributed by atoms with E-state index in [2.05, 4.69) is 4.90 Å². The first-order valence-electron chi connectivity index (χ1n) is 9.26. The fourth-order valence-corrected chi connectivity index (χ4v) is 3.60. The minimum Gasteiger partial charge on any atom is -0.377 e. The van der Waals surface area contributed by atoms with Gasteiger partial charge in [0, 0.05) is 31.8 Å². The smallest absolute Gasteiger partial charge is 0.237 e. The molecule has 2 rings (SSSR count). The molecule has 0 saturated carbocycles. The second-order valence-corrected chi connectivity index (χ2v) is 7.42. The minimum atomic E-state index is -0.244. The number of rotatable bonds is 8. The average molecular weight is 350 g/mol. The lowest BCUT2D eigenvalue weighted by Crippen LogP contribution is -2.48. The van der Waals surface area contributed by atoms with Crippen LogP contribution in [0.25, 0.3) is 0 Å². The molecule has 1 unspecified atom stereocenters. The molecule has 0 spiro atoms. The number of nitrogens with zero attached hydrogens (tertiary/aromatic N) is 2. The topological polar surface area (TPSA) is 32.8 Å². The zero-order valence-electron chi connectivity index (χ0n) is 15.9. The molecule has 0 radical (unpaired) electrons. The number of benzene rings is 1. The Hall–Kier alpha value is -1.46. The lowest BCUT2D eigenvalue weighted by molar-refractivity contribution is -0.136. The van der Waals surface area contributed by atoms with Crippen molar-refractivity contribution in [1.82, 2.24) is 9.80 Å². The minimum absolute atomic E-state index is 0.111. The van der Waals surface area contributed by atoms with Crippen LogP contribution in [0.4, 0.5) is 4.39 Å². The summed E-state index contributed by atoms with van der Waals surface area (Å²) >= 11 is 0. The molecular weight excluding hydrogens is 319 g/mol. The van der Waals surface area contributed by atoms with Crippen molar-refractivity contribution in [1.29, 1.82) is 0 Å². The van der Waals surface area contributed by atoms with Crippen LogP contribution < -0.4 is 0 Å². The van der Waals surface area contributed by atoms with Crippen molar-refractivity contribution in [3.05, 3.63) is 35.6 Å². The quantitative estimate of drug-likeness (QED) is 0.720. The Balaban J connectivity index is 2.08. The Labute approximate surface area is 150 Å². The van der Waals surface area contributed by atoms with Crippen molar-refractivity contribution in [2.45, 2.75) is 65.3 Å². The summed E-state index contributed by atoms with van der Waals surface area (Å²) in [4.78, 5) is 16.8. The molecule has 4 nitrogen and oxygen atoms in total. The predicted octanol–water partition coefficient (Wildman–Crippen LogP) is 3.45. The second kappa shape index (κ2) is 9.30. The van der Waals surface area contributed by atoms with E-state index >= 15 is 0 Å². The van der Waals surface area contributed by atoms with E-state index in [0.29, 0.717) is 19.6 Å². The van der Waals surface area contributed by atoms with Gasteiger partial charge >= 0.3 is 0 Å². The first kappa shape index (κ1) is 19.9. The van der Waals surface area contributed by atoms with E-state index in [4.69, 9.17) is 4.74 Å². The molecule has 0 N–H and O–H groups in total. The fraction of sp³-hybridized carbons (Fsp3) is 0.650. The maximum atomic E-state index is 13.5. The largest absolute Gasteiger partial charge is 0.377 e. The van der Waals surface area contributed by atoms with Gasteiger partial charge in [0.25, 0.3) is 0 Å². The zero-order valence-corrected chi connectivity index (χ0v) is 15.9. The van der Waals surface area contributed by atoms with Gasteiger partial charge in [0.15, 0.2) is 0 Å². The molecule has 1 aromatic rings. The molecule has 1 atom stereocenters. The lowest BCUT2D eigenvalue weighted by atomic mass is 10.1.